The number of rotatable bonds is 2. The van der Waals surface area contributed by atoms with Gasteiger partial charge in [0.2, 0.25) is 0 Å². The van der Waals surface area contributed by atoms with E-state index in [2.05, 4.69) is 9.97 Å². The quantitative estimate of drug-likeness (QED) is 0.600. The van der Waals surface area contributed by atoms with Crippen LogP contribution in [0.4, 0.5) is 0 Å². The Labute approximate surface area is 53.7 Å². The molecule has 0 spiro atoms. The fourth-order valence-electron chi connectivity index (χ4n) is 0.715. The van der Waals surface area contributed by atoms with Crippen molar-refractivity contribution in [3.63, 3.8) is 0 Å². The molecule has 0 aliphatic carbocycles. The molecule has 1 atom stereocenters. The minimum atomic E-state index is -0.287. The second-order valence-electron chi connectivity index (χ2n) is 2.13. The van der Waals surface area contributed by atoms with Crippen molar-refractivity contribution in [2.45, 2.75) is 19.4 Å². The van der Waals surface area contributed by atoms with Gasteiger partial charge in [0.05, 0.1) is 12.4 Å². The van der Waals surface area contributed by atoms with E-state index in [4.69, 9.17) is 5.11 Å². The molecule has 0 aromatic carbocycles. The van der Waals surface area contributed by atoms with Gasteiger partial charge >= 0.3 is 0 Å². The molecule has 1 aromatic heterocycles. The molecule has 0 fully saturated rings. The van der Waals surface area contributed by atoms with Gasteiger partial charge in [0.1, 0.15) is 0 Å². The van der Waals surface area contributed by atoms with Crippen LogP contribution in [0.5, 0.6) is 0 Å². The van der Waals surface area contributed by atoms with E-state index in [1.54, 1.807) is 19.4 Å². The van der Waals surface area contributed by atoms with E-state index >= 15 is 0 Å². The third-order valence-electron chi connectivity index (χ3n) is 1.07. The fraction of sp³-hybridized carbons (Fsp3) is 0.500. The van der Waals surface area contributed by atoms with Crippen molar-refractivity contribution in [2.24, 2.45) is 0 Å². The van der Waals surface area contributed by atoms with Crippen molar-refractivity contribution in [3.05, 3.63) is 18.2 Å². The van der Waals surface area contributed by atoms with Crippen LogP contribution in [-0.4, -0.2) is 21.2 Å². The summed E-state index contributed by atoms with van der Waals surface area (Å²) < 4.78 is 0. The van der Waals surface area contributed by atoms with Crippen LogP contribution in [0.2, 0.25) is 0 Å². The van der Waals surface area contributed by atoms with Crippen molar-refractivity contribution in [2.75, 3.05) is 0 Å². The average Bonchev–Trinajstić information content (AvgIpc) is 2.15. The Hall–Kier alpha value is -0.830. The van der Waals surface area contributed by atoms with E-state index in [-0.39, 0.29) is 6.10 Å². The van der Waals surface area contributed by atoms with Gasteiger partial charge in [0, 0.05) is 18.3 Å². The zero-order chi connectivity index (χ0) is 6.69. The molecule has 0 radical (unpaired) electrons. The van der Waals surface area contributed by atoms with E-state index < -0.39 is 0 Å². The number of nitrogens with one attached hydrogen (secondary N) is 1. The Bertz CT molecular complexity index is 158. The molecule has 0 aliphatic heterocycles. The van der Waals surface area contributed by atoms with Crippen LogP contribution in [0.3, 0.4) is 0 Å². The topological polar surface area (TPSA) is 48.9 Å². The van der Waals surface area contributed by atoms with Crippen molar-refractivity contribution in [1.29, 1.82) is 0 Å². The second-order valence-corrected chi connectivity index (χ2v) is 2.13. The Morgan fingerprint density at radius 2 is 2.67 bits per heavy atom. The first-order chi connectivity index (χ1) is 4.29. The first kappa shape index (κ1) is 6.29. The highest BCUT2D eigenvalue weighted by Gasteiger charge is 1.97. The molecule has 0 unspecified atom stereocenters. The van der Waals surface area contributed by atoms with Crippen LogP contribution < -0.4 is 0 Å². The molecular formula is C6H10N2O. The van der Waals surface area contributed by atoms with Gasteiger partial charge in [-0.15, -0.1) is 0 Å². The van der Waals surface area contributed by atoms with Gasteiger partial charge in [0.25, 0.3) is 0 Å². The summed E-state index contributed by atoms with van der Waals surface area (Å²) in [6.07, 6.45) is 3.69. The molecule has 50 valence electrons. The Balaban J connectivity index is 2.48. The number of hydrogen-bond donors (Lipinski definition) is 2. The molecule has 1 heterocycles. The van der Waals surface area contributed by atoms with E-state index in [1.165, 1.54) is 0 Å². The number of aliphatic hydroxyl groups excluding tert-OH is 1. The van der Waals surface area contributed by atoms with Gasteiger partial charge in [-0.05, 0) is 6.92 Å². The summed E-state index contributed by atoms with van der Waals surface area (Å²) in [5.74, 6) is 0. The van der Waals surface area contributed by atoms with Crippen LogP contribution in [0.1, 0.15) is 12.6 Å². The summed E-state index contributed by atoms with van der Waals surface area (Å²) in [6.45, 7) is 1.75. The highest BCUT2D eigenvalue weighted by atomic mass is 16.3. The third-order valence-corrected chi connectivity index (χ3v) is 1.07. The SMILES string of the molecule is C[C@@H](O)Cc1cnc[nH]1. The number of aromatic amines is 1. The first-order valence-electron chi connectivity index (χ1n) is 2.94. The largest absolute Gasteiger partial charge is 0.393 e. The van der Waals surface area contributed by atoms with E-state index in [0.29, 0.717) is 6.42 Å². The minimum Gasteiger partial charge on any atom is -0.393 e. The monoisotopic (exact) mass is 126 g/mol. The molecule has 0 amide bonds. The molecule has 1 rings (SSSR count). The van der Waals surface area contributed by atoms with Gasteiger partial charge in [-0.2, -0.15) is 0 Å². The predicted octanol–water partition coefficient (Wildman–Crippen LogP) is 0.333. The second kappa shape index (κ2) is 2.64. The molecule has 0 aliphatic rings. The zero-order valence-corrected chi connectivity index (χ0v) is 5.33. The lowest BCUT2D eigenvalue weighted by atomic mass is 10.2. The van der Waals surface area contributed by atoms with Crippen molar-refractivity contribution < 1.29 is 5.11 Å². The summed E-state index contributed by atoms with van der Waals surface area (Å²) in [7, 11) is 0. The van der Waals surface area contributed by atoms with Gasteiger partial charge < -0.3 is 10.1 Å². The number of nitrogens with zero attached hydrogens (tertiary/aromatic N) is 1. The maximum absolute atomic E-state index is 8.88. The van der Waals surface area contributed by atoms with Crippen LogP contribution >= 0.6 is 0 Å². The fourth-order valence-corrected chi connectivity index (χ4v) is 0.715. The molecule has 9 heavy (non-hydrogen) atoms. The first-order valence-corrected chi connectivity index (χ1v) is 2.94. The lowest BCUT2D eigenvalue weighted by Gasteiger charge is -1.98. The van der Waals surface area contributed by atoms with Gasteiger partial charge in [-0.25, -0.2) is 4.98 Å². The molecule has 0 saturated carbocycles. The van der Waals surface area contributed by atoms with E-state index in [9.17, 15) is 0 Å². The lowest BCUT2D eigenvalue weighted by Crippen LogP contribution is -2.03. The number of aromatic nitrogens is 2. The van der Waals surface area contributed by atoms with Gasteiger partial charge in [0.15, 0.2) is 0 Å². The van der Waals surface area contributed by atoms with Crippen molar-refractivity contribution in [3.8, 4) is 0 Å². The van der Waals surface area contributed by atoms with Gasteiger partial charge in [-0.1, -0.05) is 0 Å². The van der Waals surface area contributed by atoms with Crippen LogP contribution in [0.15, 0.2) is 12.5 Å². The number of H-pyrrole nitrogens is 1. The molecule has 3 heteroatoms. The minimum absolute atomic E-state index is 0.287. The molecular weight excluding hydrogens is 116 g/mol. The smallest absolute Gasteiger partial charge is 0.0921 e. The molecule has 1 aromatic rings. The molecule has 0 saturated heterocycles. The van der Waals surface area contributed by atoms with Gasteiger partial charge in [-0.3, -0.25) is 0 Å². The van der Waals surface area contributed by atoms with Crippen LogP contribution in [-0.2, 0) is 6.42 Å². The summed E-state index contributed by atoms with van der Waals surface area (Å²) in [4.78, 5) is 6.71. The lowest BCUT2D eigenvalue weighted by molar-refractivity contribution is 0.194. The Morgan fingerprint density at radius 3 is 3.11 bits per heavy atom. The standard InChI is InChI=1S/C6H10N2O/c1-5(9)2-6-3-7-4-8-6/h3-5,9H,2H2,1H3,(H,7,8)/t5-/m1/s1. The van der Waals surface area contributed by atoms with E-state index in [0.717, 1.165) is 5.69 Å². The summed E-state index contributed by atoms with van der Waals surface area (Å²) in [6, 6.07) is 0. The maximum atomic E-state index is 8.88. The van der Waals surface area contributed by atoms with E-state index in [1.807, 2.05) is 0 Å². The van der Waals surface area contributed by atoms with Crippen LogP contribution in [0, 0.1) is 0 Å². The summed E-state index contributed by atoms with van der Waals surface area (Å²) >= 11 is 0. The third kappa shape index (κ3) is 1.85. The maximum Gasteiger partial charge on any atom is 0.0921 e. The average molecular weight is 126 g/mol. The van der Waals surface area contributed by atoms with Crippen LogP contribution in [0.25, 0.3) is 0 Å². The Morgan fingerprint density at radius 1 is 1.89 bits per heavy atom. The van der Waals surface area contributed by atoms with Crippen molar-refractivity contribution in [1.82, 2.24) is 9.97 Å². The summed E-state index contributed by atoms with van der Waals surface area (Å²) in [5.41, 5.74) is 0.977. The number of hydrogen-bond acceptors (Lipinski definition) is 2. The highest BCUT2D eigenvalue weighted by Crippen LogP contribution is 1.95. The zero-order valence-electron chi connectivity index (χ0n) is 5.33. The number of imidazole rings is 1. The molecule has 0 bridgehead atoms. The normalized spacial score (nSPS) is 13.6. The highest BCUT2D eigenvalue weighted by molar-refractivity contribution is 4.95. The molecule has 2 N–H and O–H groups in total. The predicted molar refractivity (Wildman–Crippen MR) is 34.0 cm³/mol. The van der Waals surface area contributed by atoms with Crippen molar-refractivity contribution >= 4 is 0 Å². The summed E-state index contributed by atoms with van der Waals surface area (Å²) in [5, 5.41) is 8.88. The number of aliphatic hydroxyl groups is 1. The Kier molecular flexibility index (Phi) is 1.85. The molecule has 3 nitrogen and oxygen atoms in total.